The van der Waals surface area contributed by atoms with Crippen molar-refractivity contribution >= 4 is 11.7 Å². The highest BCUT2D eigenvalue weighted by Gasteiger charge is 2.28. The van der Waals surface area contributed by atoms with E-state index in [4.69, 9.17) is 19.1 Å². The van der Waals surface area contributed by atoms with E-state index in [2.05, 4.69) is 10.5 Å². The van der Waals surface area contributed by atoms with Crippen LogP contribution in [0.4, 0.5) is 4.79 Å². The van der Waals surface area contributed by atoms with Gasteiger partial charge in [0.25, 0.3) is 0 Å². The number of hydrazone groups is 1. The van der Waals surface area contributed by atoms with Crippen LogP contribution in [-0.4, -0.2) is 49.2 Å². The quantitative estimate of drug-likeness (QED) is 0.642. The molecule has 0 spiro atoms. The monoisotopic (exact) mass is 448 g/mol. The number of hydrogen-bond acceptors (Lipinski definition) is 6. The minimum atomic E-state index is -0.265. The number of hydrogen-bond donors (Lipinski definition) is 1. The van der Waals surface area contributed by atoms with Gasteiger partial charge in [-0.15, -0.1) is 0 Å². The molecule has 172 valence electrons. The molecule has 4 rings (SSSR count). The Bertz CT molecular complexity index is 1190. The molecule has 0 saturated heterocycles. The van der Waals surface area contributed by atoms with Gasteiger partial charge in [-0.1, -0.05) is 29.4 Å². The van der Waals surface area contributed by atoms with E-state index in [9.17, 15) is 4.79 Å². The molecular formula is C25H28N4O4. The van der Waals surface area contributed by atoms with Gasteiger partial charge in [0.05, 0.1) is 31.7 Å². The first-order valence-electron chi connectivity index (χ1n) is 10.8. The topological polar surface area (TPSA) is 89.2 Å². The lowest BCUT2D eigenvalue weighted by molar-refractivity contribution is 0.184. The number of nitrogens with zero attached hydrogens (tertiary/aromatic N) is 3. The molecular weight excluding hydrogens is 420 g/mol. The molecule has 2 amide bonds. The van der Waals surface area contributed by atoms with Crippen LogP contribution < -0.4 is 14.8 Å². The summed E-state index contributed by atoms with van der Waals surface area (Å²) >= 11 is 0. The van der Waals surface area contributed by atoms with Crippen molar-refractivity contribution < 1.29 is 18.8 Å². The van der Waals surface area contributed by atoms with Gasteiger partial charge in [0.1, 0.15) is 5.76 Å². The van der Waals surface area contributed by atoms with Gasteiger partial charge < -0.3 is 19.3 Å². The maximum absolute atomic E-state index is 12.6. The molecule has 8 heteroatoms. The average molecular weight is 449 g/mol. The number of aryl methyl sites for hydroxylation is 2. The van der Waals surface area contributed by atoms with Crippen LogP contribution >= 0.6 is 0 Å². The fourth-order valence-electron chi connectivity index (χ4n) is 4.24. The number of benzene rings is 2. The van der Waals surface area contributed by atoms with Crippen molar-refractivity contribution in [2.75, 3.05) is 21.3 Å². The predicted molar refractivity (Wildman–Crippen MR) is 126 cm³/mol. The highest BCUT2D eigenvalue weighted by atomic mass is 16.5. The van der Waals surface area contributed by atoms with Crippen molar-refractivity contribution in [3.8, 4) is 22.6 Å². The summed E-state index contributed by atoms with van der Waals surface area (Å²) in [7, 11) is 4.83. The van der Waals surface area contributed by atoms with Crippen molar-refractivity contribution in [3.05, 3.63) is 64.5 Å². The second kappa shape index (κ2) is 8.97. The van der Waals surface area contributed by atoms with Gasteiger partial charge in [-0.3, -0.25) is 0 Å². The smallest absolute Gasteiger partial charge is 0.337 e. The van der Waals surface area contributed by atoms with E-state index < -0.39 is 0 Å². The first-order chi connectivity index (χ1) is 15.9. The minimum absolute atomic E-state index is 0.152. The molecule has 33 heavy (non-hydrogen) atoms. The maximum atomic E-state index is 12.6. The number of aromatic nitrogens is 1. The molecule has 8 nitrogen and oxygen atoms in total. The summed E-state index contributed by atoms with van der Waals surface area (Å²) in [5.41, 5.74) is 6.32. The lowest BCUT2D eigenvalue weighted by Crippen LogP contribution is -2.41. The molecule has 1 aliphatic heterocycles. The van der Waals surface area contributed by atoms with Crippen molar-refractivity contribution in [1.29, 1.82) is 0 Å². The van der Waals surface area contributed by atoms with Crippen LogP contribution in [0.3, 0.4) is 0 Å². The number of nitrogens with one attached hydrogen (secondary N) is 1. The molecule has 0 radical (unpaired) electrons. The van der Waals surface area contributed by atoms with E-state index in [1.807, 2.05) is 57.2 Å². The van der Waals surface area contributed by atoms with Gasteiger partial charge in [-0.25, -0.2) is 9.80 Å². The van der Waals surface area contributed by atoms with Crippen LogP contribution in [0.1, 0.15) is 35.1 Å². The van der Waals surface area contributed by atoms with E-state index in [-0.39, 0.29) is 12.1 Å². The van der Waals surface area contributed by atoms with Crippen molar-refractivity contribution in [1.82, 2.24) is 15.5 Å². The molecule has 2 heterocycles. The molecule has 1 aromatic heterocycles. The molecule has 0 aliphatic carbocycles. The standard InChI is InChI=1S/C25H28N4O4/c1-14-11-19-12-21(31-5)22(32-6)13-20(19)24(27-29(14)25(30)26-4)18-9-7-17(8-10-18)23-15(2)28-33-16(23)3/h7-10,12-14H,11H2,1-6H3,(H,26,30)/t14-/m0/s1. The fraction of sp³-hybridized carbons (Fsp3) is 0.320. The van der Waals surface area contributed by atoms with E-state index in [0.717, 1.165) is 39.3 Å². The Morgan fingerprint density at radius 2 is 1.73 bits per heavy atom. The minimum Gasteiger partial charge on any atom is -0.493 e. The number of carbonyl (C=O) groups excluding carboxylic acids is 1. The van der Waals surface area contributed by atoms with E-state index in [1.54, 1.807) is 21.3 Å². The van der Waals surface area contributed by atoms with Gasteiger partial charge in [-0.05, 0) is 50.5 Å². The van der Waals surface area contributed by atoms with Gasteiger partial charge >= 0.3 is 6.03 Å². The molecule has 0 saturated carbocycles. The fourth-order valence-corrected chi connectivity index (χ4v) is 4.24. The highest BCUT2D eigenvalue weighted by Crippen LogP contribution is 2.35. The second-order valence-corrected chi connectivity index (χ2v) is 8.04. The Morgan fingerprint density at radius 1 is 1.09 bits per heavy atom. The van der Waals surface area contributed by atoms with E-state index in [1.165, 1.54) is 5.01 Å². The zero-order chi connectivity index (χ0) is 23.7. The van der Waals surface area contributed by atoms with Gasteiger partial charge in [0.15, 0.2) is 11.5 Å². The third kappa shape index (κ3) is 4.04. The maximum Gasteiger partial charge on any atom is 0.337 e. The first-order valence-corrected chi connectivity index (χ1v) is 10.8. The van der Waals surface area contributed by atoms with Crippen LogP contribution in [-0.2, 0) is 6.42 Å². The van der Waals surface area contributed by atoms with Crippen LogP contribution in [0.15, 0.2) is 46.0 Å². The van der Waals surface area contributed by atoms with Crippen LogP contribution in [0, 0.1) is 13.8 Å². The Hall–Kier alpha value is -3.81. The molecule has 0 unspecified atom stereocenters. The zero-order valence-electron chi connectivity index (χ0n) is 19.7. The largest absolute Gasteiger partial charge is 0.493 e. The Morgan fingerprint density at radius 3 is 2.30 bits per heavy atom. The molecule has 0 bridgehead atoms. The number of methoxy groups -OCH3 is 2. The SMILES string of the molecule is CNC(=O)N1N=C(c2ccc(-c3c(C)noc3C)cc2)c2cc(OC)c(OC)cc2C[C@@H]1C. The predicted octanol–water partition coefficient (Wildman–Crippen LogP) is 4.31. The molecule has 2 aromatic carbocycles. The molecule has 1 N–H and O–H groups in total. The number of carbonyl (C=O) groups is 1. The third-order valence-corrected chi connectivity index (χ3v) is 5.91. The molecule has 1 aliphatic rings. The zero-order valence-corrected chi connectivity index (χ0v) is 19.7. The Labute approximate surface area is 193 Å². The van der Waals surface area contributed by atoms with E-state index >= 15 is 0 Å². The van der Waals surface area contributed by atoms with Crippen LogP contribution in [0.25, 0.3) is 11.1 Å². The summed E-state index contributed by atoms with van der Waals surface area (Å²) in [6.45, 7) is 5.80. The summed E-state index contributed by atoms with van der Waals surface area (Å²) in [6.07, 6.45) is 0.618. The van der Waals surface area contributed by atoms with E-state index in [0.29, 0.717) is 23.6 Å². The summed E-state index contributed by atoms with van der Waals surface area (Å²) < 4.78 is 16.4. The van der Waals surface area contributed by atoms with Gasteiger partial charge in [0.2, 0.25) is 0 Å². The molecule has 1 atom stereocenters. The van der Waals surface area contributed by atoms with Gasteiger partial charge in [0, 0.05) is 23.7 Å². The summed E-state index contributed by atoms with van der Waals surface area (Å²) in [5.74, 6) is 2.02. The first kappa shape index (κ1) is 22.4. The van der Waals surface area contributed by atoms with Crippen molar-refractivity contribution in [3.63, 3.8) is 0 Å². The van der Waals surface area contributed by atoms with Crippen LogP contribution in [0.5, 0.6) is 11.5 Å². The number of rotatable bonds is 4. The summed E-state index contributed by atoms with van der Waals surface area (Å²) in [5, 5.41) is 13.0. The van der Waals surface area contributed by atoms with Gasteiger partial charge in [-0.2, -0.15) is 5.10 Å². The summed E-state index contributed by atoms with van der Waals surface area (Å²) in [4.78, 5) is 12.6. The summed E-state index contributed by atoms with van der Waals surface area (Å²) in [6, 6.07) is 11.5. The highest BCUT2D eigenvalue weighted by molar-refractivity contribution is 6.14. The molecule has 0 fully saturated rings. The third-order valence-electron chi connectivity index (χ3n) is 5.91. The van der Waals surface area contributed by atoms with Crippen molar-refractivity contribution in [2.45, 2.75) is 33.2 Å². The lowest BCUT2D eigenvalue weighted by atomic mass is 9.93. The number of fused-ring (bicyclic) bond motifs is 1. The lowest BCUT2D eigenvalue weighted by Gasteiger charge is -2.22. The average Bonchev–Trinajstić information content (AvgIpc) is 3.09. The second-order valence-electron chi connectivity index (χ2n) is 8.04. The number of ether oxygens (including phenoxy) is 2. The number of amides is 2. The normalized spacial score (nSPS) is 15.4. The number of urea groups is 1. The molecule has 3 aromatic rings. The van der Waals surface area contributed by atoms with Crippen molar-refractivity contribution in [2.24, 2.45) is 5.10 Å². The van der Waals surface area contributed by atoms with Crippen LogP contribution in [0.2, 0.25) is 0 Å². The Kier molecular flexibility index (Phi) is 6.09. The Balaban J connectivity index is 1.87.